The number of nitrogens with zero attached hydrogens (tertiary/aromatic N) is 4. The number of amides is 1. The maximum absolute atomic E-state index is 13.1. The van der Waals surface area contributed by atoms with Gasteiger partial charge in [-0.25, -0.2) is 4.98 Å². The second-order valence-corrected chi connectivity index (χ2v) is 11.9. The van der Waals surface area contributed by atoms with E-state index in [1.54, 1.807) is 25.4 Å². The van der Waals surface area contributed by atoms with Crippen molar-refractivity contribution in [2.75, 3.05) is 12.4 Å². The van der Waals surface area contributed by atoms with Crippen LogP contribution < -0.4 is 15.8 Å². The number of fused-ring (bicyclic) bond motifs is 2. The SMILES string of the molecule is COc1cccc2c1CCC2Nc1nccc2cc(-c3c(C(N)=O)c(CC(C)C)nc(C)c3-c3nnc(C)o3)sc12. The second-order valence-electron chi connectivity index (χ2n) is 10.8. The van der Waals surface area contributed by atoms with Crippen LogP contribution in [0.4, 0.5) is 5.82 Å². The Labute approximate surface area is 242 Å². The summed E-state index contributed by atoms with van der Waals surface area (Å²) in [6, 6.07) is 10.4. The minimum absolute atomic E-state index is 0.114. The first-order valence-electron chi connectivity index (χ1n) is 13.7. The summed E-state index contributed by atoms with van der Waals surface area (Å²) in [5.74, 6) is 2.20. The summed E-state index contributed by atoms with van der Waals surface area (Å²) in [6.07, 6.45) is 4.30. The van der Waals surface area contributed by atoms with E-state index in [1.165, 1.54) is 11.1 Å². The van der Waals surface area contributed by atoms with Crippen LogP contribution in [-0.2, 0) is 12.8 Å². The Balaban J connectivity index is 1.52. The average molecular weight is 569 g/mol. The zero-order chi connectivity index (χ0) is 28.8. The van der Waals surface area contributed by atoms with Crippen molar-refractivity contribution in [3.63, 3.8) is 0 Å². The summed E-state index contributed by atoms with van der Waals surface area (Å²) in [7, 11) is 1.71. The number of nitrogens with two attached hydrogens (primary N) is 1. The van der Waals surface area contributed by atoms with E-state index in [4.69, 9.17) is 24.9 Å². The number of carbonyl (C=O) groups excluding carboxylic acids is 1. The number of nitrogens with one attached hydrogen (secondary N) is 1. The molecule has 1 amide bonds. The number of primary amides is 1. The Morgan fingerprint density at radius 1 is 1.22 bits per heavy atom. The first-order valence-corrected chi connectivity index (χ1v) is 14.5. The predicted molar refractivity (Wildman–Crippen MR) is 160 cm³/mol. The van der Waals surface area contributed by atoms with E-state index < -0.39 is 5.91 Å². The lowest BCUT2D eigenvalue weighted by atomic mass is 9.93. The van der Waals surface area contributed by atoms with Crippen molar-refractivity contribution in [1.82, 2.24) is 20.2 Å². The molecule has 1 aliphatic rings. The molecule has 10 heteroatoms. The minimum Gasteiger partial charge on any atom is -0.496 e. The summed E-state index contributed by atoms with van der Waals surface area (Å²) in [6.45, 7) is 7.83. The van der Waals surface area contributed by atoms with Gasteiger partial charge in [0, 0.05) is 23.6 Å². The Hall–Kier alpha value is -4.31. The molecule has 1 unspecified atom stereocenters. The molecule has 9 nitrogen and oxygen atoms in total. The molecule has 6 rings (SSSR count). The lowest BCUT2D eigenvalue weighted by molar-refractivity contribution is 0.0999. The van der Waals surface area contributed by atoms with Crippen molar-refractivity contribution >= 4 is 33.1 Å². The quantitative estimate of drug-likeness (QED) is 0.219. The van der Waals surface area contributed by atoms with E-state index in [0.717, 1.165) is 39.4 Å². The van der Waals surface area contributed by atoms with Gasteiger partial charge in [0.1, 0.15) is 11.6 Å². The Morgan fingerprint density at radius 3 is 2.76 bits per heavy atom. The number of carbonyl (C=O) groups is 1. The highest BCUT2D eigenvalue weighted by molar-refractivity contribution is 7.23. The highest BCUT2D eigenvalue weighted by Gasteiger charge is 2.29. The first kappa shape index (κ1) is 26.9. The van der Waals surface area contributed by atoms with Crippen LogP contribution in [0.15, 0.2) is 40.9 Å². The van der Waals surface area contributed by atoms with Crippen molar-refractivity contribution in [3.05, 3.63) is 70.5 Å². The van der Waals surface area contributed by atoms with E-state index in [1.807, 2.05) is 31.3 Å². The number of benzene rings is 1. The molecular weight excluding hydrogens is 536 g/mol. The number of methoxy groups -OCH3 is 1. The number of rotatable bonds is 8. The molecule has 4 heterocycles. The Bertz CT molecular complexity index is 1790. The predicted octanol–water partition coefficient (Wildman–Crippen LogP) is 6.43. The molecule has 0 radical (unpaired) electrons. The zero-order valence-electron chi connectivity index (χ0n) is 23.7. The number of anilines is 1. The van der Waals surface area contributed by atoms with Gasteiger partial charge in [-0.1, -0.05) is 26.0 Å². The lowest BCUT2D eigenvalue weighted by Gasteiger charge is -2.17. The molecule has 0 bridgehead atoms. The summed E-state index contributed by atoms with van der Waals surface area (Å²) in [5, 5.41) is 13.0. The molecule has 0 spiro atoms. The molecule has 0 fully saturated rings. The second kappa shape index (κ2) is 10.6. The van der Waals surface area contributed by atoms with Crippen LogP contribution in [0, 0.1) is 19.8 Å². The van der Waals surface area contributed by atoms with Crippen LogP contribution in [0.3, 0.4) is 0 Å². The molecule has 4 aromatic heterocycles. The fourth-order valence-corrected chi connectivity index (χ4v) is 6.95. The number of pyridine rings is 2. The standard InChI is InChI=1S/C31H32N6O3S/c1-15(2)13-22-26(29(32)38)27(25(16(3)34-22)31-37-36-17(4)40-31)24-14-18-11-12-33-30(28(18)41-24)35-21-10-9-20-19(21)7-6-8-23(20)39-5/h6-8,11-12,14-15,21H,9-10,13H2,1-5H3,(H2,32,38)(H,33,35). The fraction of sp³-hybridized carbons (Fsp3) is 0.323. The van der Waals surface area contributed by atoms with Gasteiger partial charge >= 0.3 is 0 Å². The Morgan fingerprint density at radius 2 is 2.05 bits per heavy atom. The van der Waals surface area contributed by atoms with Crippen molar-refractivity contribution in [2.45, 2.75) is 53.0 Å². The lowest BCUT2D eigenvalue weighted by Crippen LogP contribution is -2.19. The molecule has 1 aliphatic carbocycles. The third kappa shape index (κ3) is 4.82. The molecule has 5 aromatic rings. The molecule has 3 N–H and O–H groups in total. The summed E-state index contributed by atoms with van der Waals surface area (Å²) < 4.78 is 12.4. The van der Waals surface area contributed by atoms with Gasteiger partial charge in [0.2, 0.25) is 11.8 Å². The molecule has 41 heavy (non-hydrogen) atoms. The van der Waals surface area contributed by atoms with Crippen LogP contribution in [0.2, 0.25) is 0 Å². The summed E-state index contributed by atoms with van der Waals surface area (Å²) in [4.78, 5) is 23.5. The molecule has 0 aliphatic heterocycles. The molecule has 0 saturated heterocycles. The number of aromatic nitrogens is 4. The van der Waals surface area contributed by atoms with E-state index in [-0.39, 0.29) is 12.0 Å². The van der Waals surface area contributed by atoms with Gasteiger partial charge < -0.3 is 20.2 Å². The maximum Gasteiger partial charge on any atom is 0.251 e. The van der Waals surface area contributed by atoms with E-state index in [2.05, 4.69) is 41.5 Å². The average Bonchev–Trinajstić information content (AvgIpc) is 3.66. The maximum atomic E-state index is 13.1. The van der Waals surface area contributed by atoms with Gasteiger partial charge in [-0.05, 0) is 66.8 Å². The summed E-state index contributed by atoms with van der Waals surface area (Å²) in [5.41, 5.74) is 11.6. The van der Waals surface area contributed by atoms with Crippen LogP contribution in [-0.4, -0.2) is 33.2 Å². The minimum atomic E-state index is -0.536. The number of hydrogen-bond donors (Lipinski definition) is 2. The van der Waals surface area contributed by atoms with Crippen molar-refractivity contribution in [3.8, 4) is 27.6 Å². The zero-order valence-corrected chi connectivity index (χ0v) is 24.6. The highest BCUT2D eigenvalue weighted by Crippen LogP contribution is 2.45. The van der Waals surface area contributed by atoms with Crippen molar-refractivity contribution in [1.29, 1.82) is 0 Å². The fourth-order valence-electron chi connectivity index (χ4n) is 5.79. The van der Waals surface area contributed by atoms with E-state index in [9.17, 15) is 4.79 Å². The monoisotopic (exact) mass is 568 g/mol. The number of hydrogen-bond acceptors (Lipinski definition) is 9. The third-order valence-electron chi connectivity index (χ3n) is 7.48. The van der Waals surface area contributed by atoms with Gasteiger partial charge in [-0.15, -0.1) is 21.5 Å². The van der Waals surface area contributed by atoms with Gasteiger partial charge in [-0.2, -0.15) is 0 Å². The first-order chi connectivity index (χ1) is 19.7. The topological polar surface area (TPSA) is 129 Å². The molecular formula is C31H32N6O3S. The third-order valence-corrected chi connectivity index (χ3v) is 8.65. The Kier molecular flexibility index (Phi) is 6.94. The largest absolute Gasteiger partial charge is 0.496 e. The number of thiophene rings is 1. The molecule has 1 atom stereocenters. The van der Waals surface area contributed by atoms with Gasteiger partial charge in [0.05, 0.1) is 40.4 Å². The van der Waals surface area contributed by atoms with Crippen molar-refractivity contribution < 1.29 is 13.9 Å². The molecule has 210 valence electrons. The smallest absolute Gasteiger partial charge is 0.251 e. The van der Waals surface area contributed by atoms with E-state index >= 15 is 0 Å². The van der Waals surface area contributed by atoms with Crippen molar-refractivity contribution in [2.24, 2.45) is 11.7 Å². The van der Waals surface area contributed by atoms with Gasteiger partial charge in [0.25, 0.3) is 5.91 Å². The van der Waals surface area contributed by atoms with Crippen LogP contribution in [0.5, 0.6) is 5.75 Å². The highest BCUT2D eigenvalue weighted by atomic mass is 32.1. The van der Waals surface area contributed by atoms with E-state index in [0.29, 0.717) is 46.3 Å². The van der Waals surface area contributed by atoms with Gasteiger partial charge in [-0.3, -0.25) is 9.78 Å². The van der Waals surface area contributed by atoms with Gasteiger partial charge in [0.15, 0.2) is 0 Å². The molecule has 0 saturated carbocycles. The normalized spacial score (nSPS) is 14.5. The molecule has 1 aromatic carbocycles. The van der Waals surface area contributed by atoms with Crippen LogP contribution in [0.1, 0.15) is 65.1 Å². The number of ether oxygens (including phenoxy) is 1. The van der Waals surface area contributed by atoms with Crippen LogP contribution in [0.25, 0.3) is 32.0 Å². The number of aryl methyl sites for hydroxylation is 2. The summed E-state index contributed by atoms with van der Waals surface area (Å²) >= 11 is 1.56. The van der Waals surface area contributed by atoms with Crippen LogP contribution >= 0.6 is 11.3 Å².